The third-order valence-corrected chi connectivity index (χ3v) is 5.18. The van der Waals surface area contributed by atoms with Crippen LogP contribution in [0.4, 0.5) is 0 Å². The molecular weight excluding hydrogens is 148 g/mol. The van der Waals surface area contributed by atoms with Crippen molar-refractivity contribution in [2.24, 2.45) is 22.7 Å². The fourth-order valence-corrected chi connectivity index (χ4v) is 3.62. The van der Waals surface area contributed by atoms with Gasteiger partial charge in [0.15, 0.2) is 0 Å². The van der Waals surface area contributed by atoms with E-state index in [9.17, 15) is 5.11 Å². The van der Waals surface area contributed by atoms with E-state index in [4.69, 9.17) is 0 Å². The van der Waals surface area contributed by atoms with Gasteiger partial charge in [0.25, 0.3) is 0 Å². The third kappa shape index (κ3) is 0.736. The Morgan fingerprint density at radius 3 is 2.25 bits per heavy atom. The molecule has 0 aliphatic heterocycles. The van der Waals surface area contributed by atoms with Gasteiger partial charge in [-0.1, -0.05) is 26.7 Å². The van der Waals surface area contributed by atoms with Crippen LogP contribution in [0.1, 0.15) is 40.0 Å². The summed E-state index contributed by atoms with van der Waals surface area (Å²) in [6, 6.07) is 0. The molecular formula is C11H19O-. The molecule has 3 atom stereocenters. The first-order chi connectivity index (χ1) is 5.52. The van der Waals surface area contributed by atoms with Crippen molar-refractivity contribution in [1.29, 1.82) is 0 Å². The van der Waals surface area contributed by atoms with Gasteiger partial charge in [0, 0.05) is 0 Å². The molecule has 0 saturated heterocycles. The average Bonchev–Trinajstić information content (AvgIpc) is 2.34. The SMILES string of the molecule is CC1(C)C2CCC1(C)C(C[O-])C2. The highest BCUT2D eigenvalue weighted by Crippen LogP contribution is 2.67. The first kappa shape index (κ1) is 8.55. The van der Waals surface area contributed by atoms with Crippen LogP contribution in [0.5, 0.6) is 0 Å². The van der Waals surface area contributed by atoms with Crippen LogP contribution >= 0.6 is 0 Å². The summed E-state index contributed by atoms with van der Waals surface area (Å²) in [5.41, 5.74) is 0.793. The van der Waals surface area contributed by atoms with E-state index in [2.05, 4.69) is 20.8 Å². The Labute approximate surface area is 75.2 Å². The number of hydrogen-bond donors (Lipinski definition) is 0. The van der Waals surface area contributed by atoms with E-state index in [1.807, 2.05) is 0 Å². The second kappa shape index (κ2) is 2.25. The quantitative estimate of drug-likeness (QED) is 0.584. The van der Waals surface area contributed by atoms with Gasteiger partial charge in [-0.2, -0.15) is 0 Å². The maximum atomic E-state index is 11.0. The van der Waals surface area contributed by atoms with E-state index < -0.39 is 0 Å². The van der Waals surface area contributed by atoms with E-state index in [1.54, 1.807) is 0 Å². The van der Waals surface area contributed by atoms with Crippen molar-refractivity contribution >= 4 is 0 Å². The predicted molar refractivity (Wildman–Crippen MR) is 47.6 cm³/mol. The monoisotopic (exact) mass is 167 g/mol. The maximum absolute atomic E-state index is 11.0. The first-order valence-electron chi connectivity index (χ1n) is 5.10. The fourth-order valence-electron chi connectivity index (χ4n) is 3.62. The van der Waals surface area contributed by atoms with Gasteiger partial charge in [-0.25, -0.2) is 0 Å². The molecule has 0 aromatic carbocycles. The summed E-state index contributed by atoms with van der Waals surface area (Å²) in [7, 11) is 0. The molecule has 2 aliphatic rings. The van der Waals surface area contributed by atoms with Crippen LogP contribution in [0.3, 0.4) is 0 Å². The standard InChI is InChI=1S/C11H19O/c1-10(2)8-4-5-11(10,3)9(6-8)7-12/h8-9H,4-7H2,1-3H3/q-1. The summed E-state index contributed by atoms with van der Waals surface area (Å²) < 4.78 is 0. The zero-order valence-corrected chi connectivity index (χ0v) is 8.39. The van der Waals surface area contributed by atoms with Gasteiger partial charge >= 0.3 is 0 Å². The molecule has 2 aliphatic carbocycles. The van der Waals surface area contributed by atoms with E-state index in [0.717, 1.165) is 5.92 Å². The molecule has 3 unspecified atom stereocenters. The molecule has 2 rings (SSSR count). The Kier molecular flexibility index (Phi) is 1.61. The number of hydrogen-bond acceptors (Lipinski definition) is 1. The maximum Gasteiger partial charge on any atom is -0.0256 e. The fraction of sp³-hybridized carbons (Fsp3) is 1.00. The summed E-state index contributed by atoms with van der Waals surface area (Å²) in [6.07, 6.45) is 3.85. The van der Waals surface area contributed by atoms with Gasteiger partial charge < -0.3 is 5.11 Å². The molecule has 0 N–H and O–H groups in total. The minimum absolute atomic E-state index is 0.149. The lowest BCUT2D eigenvalue weighted by Gasteiger charge is -2.40. The highest BCUT2D eigenvalue weighted by molar-refractivity contribution is 5.09. The van der Waals surface area contributed by atoms with Crippen LogP contribution in [0.15, 0.2) is 0 Å². The Bertz CT molecular complexity index is 197. The van der Waals surface area contributed by atoms with Crippen molar-refractivity contribution < 1.29 is 5.11 Å². The van der Waals surface area contributed by atoms with Gasteiger partial charge in [0.05, 0.1) is 0 Å². The van der Waals surface area contributed by atoms with Crippen molar-refractivity contribution in [1.82, 2.24) is 0 Å². The summed E-state index contributed by atoms with van der Waals surface area (Å²) in [5, 5.41) is 11.0. The number of fused-ring (bicyclic) bond motifs is 2. The highest BCUT2D eigenvalue weighted by atomic mass is 16.3. The minimum atomic E-state index is 0.149. The zero-order valence-electron chi connectivity index (χ0n) is 8.39. The van der Waals surface area contributed by atoms with E-state index in [1.165, 1.54) is 19.3 Å². The van der Waals surface area contributed by atoms with Crippen molar-refractivity contribution in [2.75, 3.05) is 6.61 Å². The van der Waals surface area contributed by atoms with Gasteiger partial charge in [-0.15, -0.1) is 6.61 Å². The van der Waals surface area contributed by atoms with Crippen LogP contribution in [0.25, 0.3) is 0 Å². The molecule has 0 radical (unpaired) electrons. The second-order valence-corrected chi connectivity index (χ2v) is 5.47. The van der Waals surface area contributed by atoms with E-state index in [0.29, 0.717) is 16.7 Å². The van der Waals surface area contributed by atoms with Crippen molar-refractivity contribution in [2.45, 2.75) is 40.0 Å². The topological polar surface area (TPSA) is 23.1 Å². The Morgan fingerprint density at radius 2 is 2.00 bits per heavy atom. The molecule has 0 amide bonds. The van der Waals surface area contributed by atoms with Gasteiger partial charge in [-0.05, 0) is 36.0 Å². The molecule has 2 fully saturated rings. The summed E-state index contributed by atoms with van der Waals surface area (Å²) >= 11 is 0. The van der Waals surface area contributed by atoms with Crippen molar-refractivity contribution in [3.63, 3.8) is 0 Å². The zero-order chi connectivity index (χ0) is 8.98. The van der Waals surface area contributed by atoms with Crippen LogP contribution in [0.2, 0.25) is 0 Å². The molecule has 0 heterocycles. The smallest absolute Gasteiger partial charge is 0.0256 e. The Hall–Kier alpha value is -0.0400. The molecule has 1 nitrogen and oxygen atoms in total. The minimum Gasteiger partial charge on any atom is -0.854 e. The van der Waals surface area contributed by atoms with Gasteiger partial charge in [0.2, 0.25) is 0 Å². The molecule has 12 heavy (non-hydrogen) atoms. The van der Waals surface area contributed by atoms with Crippen LogP contribution in [0, 0.1) is 22.7 Å². The largest absolute Gasteiger partial charge is 0.854 e. The van der Waals surface area contributed by atoms with E-state index in [-0.39, 0.29) is 6.61 Å². The highest BCUT2D eigenvalue weighted by Gasteiger charge is 2.59. The molecule has 2 bridgehead atoms. The van der Waals surface area contributed by atoms with Crippen molar-refractivity contribution in [3.05, 3.63) is 0 Å². The lowest BCUT2D eigenvalue weighted by Crippen LogP contribution is -2.36. The summed E-state index contributed by atoms with van der Waals surface area (Å²) in [6.45, 7) is 7.21. The lowest BCUT2D eigenvalue weighted by atomic mass is 9.67. The molecule has 70 valence electrons. The second-order valence-electron chi connectivity index (χ2n) is 5.47. The Morgan fingerprint density at radius 1 is 1.33 bits per heavy atom. The first-order valence-corrected chi connectivity index (χ1v) is 5.10. The van der Waals surface area contributed by atoms with Gasteiger partial charge in [-0.3, -0.25) is 0 Å². The average molecular weight is 167 g/mol. The van der Waals surface area contributed by atoms with E-state index >= 15 is 0 Å². The molecule has 0 aromatic heterocycles. The molecule has 2 saturated carbocycles. The van der Waals surface area contributed by atoms with Crippen LogP contribution in [-0.2, 0) is 0 Å². The molecule has 0 spiro atoms. The summed E-state index contributed by atoms with van der Waals surface area (Å²) in [4.78, 5) is 0. The normalized spacial score (nSPS) is 50.0. The van der Waals surface area contributed by atoms with Crippen LogP contribution < -0.4 is 5.11 Å². The lowest BCUT2D eigenvalue weighted by molar-refractivity contribution is -0.385. The van der Waals surface area contributed by atoms with Crippen molar-refractivity contribution in [3.8, 4) is 0 Å². The predicted octanol–water partition coefficient (Wildman–Crippen LogP) is 1.81. The number of rotatable bonds is 1. The molecule has 0 aromatic rings. The van der Waals surface area contributed by atoms with Crippen LogP contribution in [-0.4, -0.2) is 6.61 Å². The molecule has 1 heteroatoms. The van der Waals surface area contributed by atoms with Gasteiger partial charge in [0.1, 0.15) is 0 Å². The Balaban J connectivity index is 2.33. The summed E-state index contributed by atoms with van der Waals surface area (Å²) in [5.74, 6) is 1.30. The third-order valence-electron chi connectivity index (χ3n) is 5.18.